The number of anilines is 2. The molecule has 184 valence electrons. The van der Waals surface area contributed by atoms with Gasteiger partial charge in [-0.3, -0.25) is 9.52 Å². The summed E-state index contributed by atoms with van der Waals surface area (Å²) in [4.78, 5) is 29.9. The summed E-state index contributed by atoms with van der Waals surface area (Å²) >= 11 is 0. The normalized spacial score (nSPS) is 16.4. The van der Waals surface area contributed by atoms with E-state index in [4.69, 9.17) is 4.74 Å². The number of nitrogens with one attached hydrogen (secondary N) is 1. The van der Waals surface area contributed by atoms with Crippen LogP contribution in [0, 0.1) is 11.8 Å². The fourth-order valence-electron chi connectivity index (χ4n) is 4.00. The highest BCUT2D eigenvalue weighted by molar-refractivity contribution is 7.92. The number of carboxylic acids is 1. The molecule has 1 aliphatic heterocycles. The van der Waals surface area contributed by atoms with Gasteiger partial charge in [-0.1, -0.05) is 26.0 Å². The number of rotatable bonds is 9. The Kier molecular flexibility index (Phi) is 8.14. The molecule has 0 radical (unpaired) electrons. The lowest BCUT2D eigenvalue weighted by Crippen LogP contribution is -2.40. The summed E-state index contributed by atoms with van der Waals surface area (Å²) in [5, 5.41) is 9.41. The molecule has 0 bridgehead atoms. The van der Waals surface area contributed by atoms with Crippen molar-refractivity contribution in [3.05, 3.63) is 47.7 Å². The molecule has 1 aromatic carbocycles. The van der Waals surface area contributed by atoms with Crippen LogP contribution in [0.4, 0.5) is 11.5 Å². The number of aromatic nitrogens is 1. The maximum absolute atomic E-state index is 13.1. The van der Waals surface area contributed by atoms with Gasteiger partial charge in [-0.15, -0.1) is 0 Å². The summed E-state index contributed by atoms with van der Waals surface area (Å²) in [6, 6.07) is 7.87. The summed E-state index contributed by atoms with van der Waals surface area (Å²) in [5.74, 6) is -1.18. The van der Waals surface area contributed by atoms with Gasteiger partial charge in [0.1, 0.15) is 0 Å². The van der Waals surface area contributed by atoms with Gasteiger partial charge in [0, 0.05) is 19.3 Å². The van der Waals surface area contributed by atoms with E-state index in [1.54, 1.807) is 24.0 Å². The first-order valence-corrected chi connectivity index (χ1v) is 12.9. The Bertz CT molecular complexity index is 1130. The van der Waals surface area contributed by atoms with Gasteiger partial charge < -0.3 is 14.7 Å². The van der Waals surface area contributed by atoms with Gasteiger partial charge in [-0.05, 0) is 55.9 Å². The maximum atomic E-state index is 13.1. The molecule has 10 heteroatoms. The van der Waals surface area contributed by atoms with Crippen molar-refractivity contribution in [2.24, 2.45) is 11.8 Å². The van der Waals surface area contributed by atoms with Gasteiger partial charge >= 0.3 is 11.9 Å². The quantitative estimate of drug-likeness (QED) is 0.512. The third kappa shape index (κ3) is 6.25. The minimum Gasteiger partial charge on any atom is -0.478 e. The molecule has 1 aliphatic rings. The van der Waals surface area contributed by atoms with E-state index in [2.05, 4.69) is 23.6 Å². The van der Waals surface area contributed by atoms with E-state index in [-0.39, 0.29) is 40.5 Å². The maximum Gasteiger partial charge on any atom is 0.337 e. The number of sulfonamides is 1. The molecular formula is C24H31N3O6S. The van der Waals surface area contributed by atoms with Crippen LogP contribution >= 0.6 is 0 Å². The summed E-state index contributed by atoms with van der Waals surface area (Å²) < 4.78 is 33.9. The molecule has 9 nitrogen and oxygen atoms in total. The Morgan fingerprint density at radius 2 is 1.97 bits per heavy atom. The molecule has 2 heterocycles. The zero-order chi connectivity index (χ0) is 24.9. The van der Waals surface area contributed by atoms with Crippen molar-refractivity contribution in [2.45, 2.75) is 44.9 Å². The van der Waals surface area contributed by atoms with E-state index in [0.29, 0.717) is 31.8 Å². The average molecular weight is 490 g/mol. The smallest absolute Gasteiger partial charge is 0.337 e. The zero-order valence-corrected chi connectivity index (χ0v) is 20.5. The number of aromatic carboxylic acids is 1. The van der Waals surface area contributed by atoms with E-state index in [9.17, 15) is 23.1 Å². The number of pyridine rings is 1. The van der Waals surface area contributed by atoms with E-state index < -0.39 is 16.0 Å². The Hall–Kier alpha value is -3.14. The summed E-state index contributed by atoms with van der Waals surface area (Å²) in [6.07, 6.45) is 3.37. The first kappa shape index (κ1) is 25.5. The third-order valence-electron chi connectivity index (χ3n) is 5.58. The number of carbonyl (C=O) groups excluding carboxylic acids is 1. The number of nitrogens with zero attached hydrogens (tertiary/aromatic N) is 2. The standard InChI is InChI=1S/C24H31N3O6S/c1-4-33-24(30)18-6-5-11-27(15-18)22-21(13-19(14-25-22)23(28)29)26-34(31,32)20-9-7-17(8-10-20)12-16(2)3/h7-10,13-14,16,18,26H,4-6,11-12,15H2,1-3H3,(H,28,29). The van der Waals surface area contributed by atoms with Crippen LogP contribution in [-0.4, -0.2) is 50.1 Å². The molecular weight excluding hydrogens is 458 g/mol. The predicted molar refractivity (Wildman–Crippen MR) is 129 cm³/mol. The summed E-state index contributed by atoms with van der Waals surface area (Å²) in [6.45, 7) is 7.05. The van der Waals surface area contributed by atoms with Crippen molar-refractivity contribution in [3.63, 3.8) is 0 Å². The topological polar surface area (TPSA) is 126 Å². The van der Waals surface area contributed by atoms with Crippen molar-refractivity contribution in [3.8, 4) is 0 Å². The van der Waals surface area contributed by atoms with Crippen LogP contribution in [-0.2, 0) is 26.0 Å². The van der Waals surface area contributed by atoms with Gasteiger partial charge in [-0.25, -0.2) is 18.2 Å². The Balaban J connectivity index is 1.91. The number of carbonyl (C=O) groups is 2. The number of carboxylic acid groups (broad SMARTS) is 1. The largest absolute Gasteiger partial charge is 0.478 e. The number of hydrogen-bond acceptors (Lipinski definition) is 7. The monoisotopic (exact) mass is 489 g/mol. The van der Waals surface area contributed by atoms with Crippen molar-refractivity contribution in [2.75, 3.05) is 29.3 Å². The Morgan fingerprint density at radius 3 is 2.59 bits per heavy atom. The van der Waals surface area contributed by atoms with E-state index in [1.165, 1.54) is 24.4 Å². The van der Waals surface area contributed by atoms with Crippen molar-refractivity contribution in [1.29, 1.82) is 0 Å². The van der Waals surface area contributed by atoms with Gasteiger partial charge in [-0.2, -0.15) is 0 Å². The van der Waals surface area contributed by atoms with Crippen LogP contribution < -0.4 is 9.62 Å². The SMILES string of the molecule is CCOC(=O)C1CCCN(c2ncc(C(=O)O)cc2NS(=O)(=O)c2ccc(CC(C)C)cc2)C1. The average Bonchev–Trinajstić information content (AvgIpc) is 2.79. The van der Waals surface area contributed by atoms with Crippen LogP contribution in [0.5, 0.6) is 0 Å². The molecule has 1 fully saturated rings. The Morgan fingerprint density at radius 1 is 1.26 bits per heavy atom. The van der Waals surface area contributed by atoms with Crippen molar-refractivity contribution < 1.29 is 27.9 Å². The molecule has 1 unspecified atom stereocenters. The van der Waals surface area contributed by atoms with Crippen LogP contribution in [0.2, 0.25) is 0 Å². The fourth-order valence-corrected chi connectivity index (χ4v) is 5.06. The van der Waals surface area contributed by atoms with Gasteiger partial charge in [0.2, 0.25) is 0 Å². The molecule has 34 heavy (non-hydrogen) atoms. The second kappa shape index (κ2) is 10.9. The third-order valence-corrected chi connectivity index (χ3v) is 6.96. The van der Waals surface area contributed by atoms with Crippen molar-refractivity contribution in [1.82, 2.24) is 4.98 Å². The number of hydrogen-bond donors (Lipinski definition) is 2. The van der Waals surface area contributed by atoms with Gasteiger partial charge in [0.05, 0.1) is 28.7 Å². The molecule has 0 aliphatic carbocycles. The highest BCUT2D eigenvalue weighted by Gasteiger charge is 2.30. The second-order valence-corrected chi connectivity index (χ2v) is 10.5. The first-order chi connectivity index (χ1) is 16.1. The summed E-state index contributed by atoms with van der Waals surface area (Å²) in [7, 11) is -4.00. The molecule has 2 N–H and O–H groups in total. The molecule has 1 atom stereocenters. The second-order valence-electron chi connectivity index (χ2n) is 8.78. The van der Waals surface area contributed by atoms with Crippen LogP contribution in [0.25, 0.3) is 0 Å². The minimum absolute atomic E-state index is 0.0515. The van der Waals surface area contributed by atoms with E-state index >= 15 is 0 Å². The molecule has 0 amide bonds. The number of piperidine rings is 1. The highest BCUT2D eigenvalue weighted by atomic mass is 32.2. The lowest BCUT2D eigenvalue weighted by Gasteiger charge is -2.33. The molecule has 0 spiro atoms. The van der Waals surface area contributed by atoms with Crippen molar-refractivity contribution >= 4 is 33.5 Å². The lowest BCUT2D eigenvalue weighted by atomic mass is 9.98. The molecule has 1 saturated heterocycles. The predicted octanol–water partition coefficient (Wildman–Crippen LogP) is 3.56. The molecule has 2 aromatic rings. The van der Waals surface area contributed by atoms with E-state index in [1.807, 2.05) is 0 Å². The van der Waals surface area contributed by atoms with Crippen LogP contribution in [0.1, 0.15) is 49.5 Å². The lowest BCUT2D eigenvalue weighted by molar-refractivity contribution is -0.148. The van der Waals surface area contributed by atoms with Gasteiger partial charge in [0.15, 0.2) is 5.82 Å². The number of esters is 1. The minimum atomic E-state index is -4.00. The van der Waals surface area contributed by atoms with Gasteiger partial charge in [0.25, 0.3) is 10.0 Å². The van der Waals surface area contributed by atoms with E-state index in [0.717, 1.165) is 12.0 Å². The zero-order valence-electron chi connectivity index (χ0n) is 19.7. The number of ether oxygens (including phenoxy) is 1. The highest BCUT2D eigenvalue weighted by Crippen LogP contribution is 2.31. The fraction of sp³-hybridized carbons (Fsp3) is 0.458. The molecule has 0 saturated carbocycles. The molecule has 1 aromatic heterocycles. The first-order valence-electron chi connectivity index (χ1n) is 11.4. The molecule has 3 rings (SSSR count). The number of benzene rings is 1. The Labute approximate surface area is 200 Å². The van der Waals surface area contributed by atoms with Crippen LogP contribution in [0.15, 0.2) is 41.4 Å². The summed E-state index contributed by atoms with van der Waals surface area (Å²) in [5.41, 5.74) is 0.936. The van der Waals surface area contributed by atoms with Crippen LogP contribution in [0.3, 0.4) is 0 Å².